The number of amides is 2. The Kier molecular flexibility index (Phi) is 15.3. The minimum absolute atomic E-state index is 0.0102. The third-order valence-electron chi connectivity index (χ3n) is 8.15. The van der Waals surface area contributed by atoms with Gasteiger partial charge in [-0.1, -0.05) is 6.42 Å². The molecule has 14 heteroatoms. The number of likely N-dealkylation sites (N-methyl/N-ethyl adjacent to an activating group) is 1. The molecule has 1 rings (SSSR count). The number of hydrogen-bond donors (Lipinski definition) is 5. The van der Waals surface area contributed by atoms with Crippen LogP contribution in [0.15, 0.2) is 0 Å². The number of likely N-dealkylation sites (tertiary alicyclic amines) is 1. The zero-order valence-corrected chi connectivity index (χ0v) is 26.9. The van der Waals surface area contributed by atoms with E-state index in [9.17, 15) is 38.7 Å². The summed E-state index contributed by atoms with van der Waals surface area (Å²) >= 11 is 0. The van der Waals surface area contributed by atoms with Crippen LogP contribution in [-0.4, -0.2) is 117 Å². The van der Waals surface area contributed by atoms with Crippen molar-refractivity contribution in [2.75, 3.05) is 20.1 Å². The zero-order valence-electron chi connectivity index (χ0n) is 26.9. The molecule has 0 spiro atoms. The highest BCUT2D eigenvalue weighted by Gasteiger charge is 2.41. The smallest absolute Gasteiger partial charge is 0.303 e. The van der Waals surface area contributed by atoms with Crippen LogP contribution in [0.2, 0.25) is 0 Å². The van der Waals surface area contributed by atoms with Crippen molar-refractivity contribution in [3.05, 3.63) is 0 Å². The number of unbranched alkanes of at least 4 members (excludes halogenated alkanes) is 1. The van der Waals surface area contributed by atoms with Crippen LogP contribution in [-0.2, 0) is 33.6 Å². The molecular formula is C30H51N5O9. The van der Waals surface area contributed by atoms with Gasteiger partial charge < -0.3 is 35.9 Å². The van der Waals surface area contributed by atoms with Crippen LogP contribution in [0.3, 0.4) is 0 Å². The molecule has 250 valence electrons. The van der Waals surface area contributed by atoms with Gasteiger partial charge in [0.05, 0.1) is 29.2 Å². The minimum Gasteiger partial charge on any atom is -0.481 e. The lowest BCUT2D eigenvalue weighted by atomic mass is 9.89. The molecule has 1 aliphatic rings. The summed E-state index contributed by atoms with van der Waals surface area (Å²) < 4.78 is 0. The normalized spacial score (nSPS) is 17.4. The van der Waals surface area contributed by atoms with E-state index in [0.29, 0.717) is 51.5 Å². The standard InChI is InChI=1S/C30H51N5O9/c1-19(37)35-17-9-11-23(35)28(44)34(6)22(13-15-25(40)41)27(43)29(2,3)32-16-8-7-10-20(18-36)33-30(4,5)26(42)21(31)12-14-24(38)39/h18,20-23,32-33H,7-17,31H2,1-6H3,(H,38,39)(H,40,41). The van der Waals surface area contributed by atoms with Crippen molar-refractivity contribution < 1.29 is 43.8 Å². The average molecular weight is 626 g/mol. The Hall–Kier alpha value is -3.23. The molecule has 1 saturated heterocycles. The van der Waals surface area contributed by atoms with Gasteiger partial charge in [-0.2, -0.15) is 0 Å². The second-order valence-corrected chi connectivity index (χ2v) is 12.6. The number of nitrogens with two attached hydrogens (primary N) is 1. The molecule has 0 aliphatic carbocycles. The summed E-state index contributed by atoms with van der Waals surface area (Å²) in [5, 5.41) is 24.3. The maximum atomic E-state index is 13.7. The number of Topliss-reactive ketones (excluding diaryl/α,β-unsaturated/α-hetero) is 2. The summed E-state index contributed by atoms with van der Waals surface area (Å²) in [5.74, 6) is -3.51. The number of aliphatic carboxylic acids is 2. The lowest BCUT2D eigenvalue weighted by Gasteiger charge is -2.36. The van der Waals surface area contributed by atoms with Gasteiger partial charge in [0, 0.05) is 33.4 Å². The molecule has 44 heavy (non-hydrogen) atoms. The molecule has 2 amide bonds. The van der Waals surface area contributed by atoms with E-state index in [1.807, 2.05) is 0 Å². The first kappa shape index (κ1) is 38.8. The van der Waals surface area contributed by atoms with Crippen LogP contribution in [0.25, 0.3) is 0 Å². The Labute approximate surface area is 259 Å². The van der Waals surface area contributed by atoms with Gasteiger partial charge >= 0.3 is 11.9 Å². The van der Waals surface area contributed by atoms with Crippen molar-refractivity contribution in [2.24, 2.45) is 5.73 Å². The van der Waals surface area contributed by atoms with E-state index in [4.69, 9.17) is 10.8 Å². The summed E-state index contributed by atoms with van der Waals surface area (Å²) in [7, 11) is 1.47. The monoisotopic (exact) mass is 625 g/mol. The summed E-state index contributed by atoms with van der Waals surface area (Å²) in [6.45, 7) is 8.74. The van der Waals surface area contributed by atoms with Crippen LogP contribution in [0.1, 0.15) is 92.4 Å². The predicted octanol–water partition coefficient (Wildman–Crippen LogP) is 0.494. The SMILES string of the molecule is CC(=O)N1CCCC1C(=O)N(C)C(CCC(=O)O)C(=O)C(C)(C)NCCCCC(C=O)NC(C)(C)C(=O)C(N)CCC(=O)O. The van der Waals surface area contributed by atoms with E-state index >= 15 is 0 Å². The Bertz CT molecular complexity index is 1060. The highest BCUT2D eigenvalue weighted by atomic mass is 16.4. The number of carbonyl (C=O) groups excluding carboxylic acids is 5. The van der Waals surface area contributed by atoms with Gasteiger partial charge in [0.15, 0.2) is 11.6 Å². The van der Waals surface area contributed by atoms with E-state index < -0.39 is 58.9 Å². The highest BCUT2D eigenvalue weighted by molar-refractivity contribution is 5.97. The van der Waals surface area contributed by atoms with E-state index in [1.54, 1.807) is 27.7 Å². The largest absolute Gasteiger partial charge is 0.481 e. The van der Waals surface area contributed by atoms with E-state index in [2.05, 4.69) is 10.6 Å². The first-order valence-corrected chi connectivity index (χ1v) is 15.1. The Morgan fingerprint density at radius 1 is 0.955 bits per heavy atom. The first-order valence-electron chi connectivity index (χ1n) is 15.1. The van der Waals surface area contributed by atoms with Gasteiger partial charge in [-0.15, -0.1) is 0 Å². The minimum atomic E-state index is -1.15. The third kappa shape index (κ3) is 11.7. The number of carboxylic acid groups (broad SMARTS) is 2. The van der Waals surface area contributed by atoms with Crippen LogP contribution in [0.4, 0.5) is 0 Å². The van der Waals surface area contributed by atoms with E-state index in [1.165, 1.54) is 23.8 Å². The molecule has 4 atom stereocenters. The Morgan fingerprint density at radius 3 is 2.09 bits per heavy atom. The van der Waals surface area contributed by atoms with E-state index in [-0.39, 0.29) is 37.4 Å². The number of carboxylic acids is 2. The number of nitrogens with one attached hydrogen (secondary N) is 2. The molecule has 0 aromatic heterocycles. The zero-order chi connectivity index (χ0) is 33.8. The number of nitrogens with zero attached hydrogens (tertiary/aromatic N) is 2. The summed E-state index contributed by atoms with van der Waals surface area (Å²) in [4.78, 5) is 88.3. The van der Waals surface area contributed by atoms with E-state index in [0.717, 1.165) is 0 Å². The molecule has 14 nitrogen and oxygen atoms in total. The number of rotatable bonds is 21. The maximum Gasteiger partial charge on any atom is 0.303 e. The number of carbonyl (C=O) groups is 7. The quantitative estimate of drug-likeness (QED) is 0.0870. The lowest BCUT2D eigenvalue weighted by Crippen LogP contribution is -2.58. The maximum absolute atomic E-state index is 13.7. The second kappa shape index (κ2) is 17.3. The number of ketones is 2. The Morgan fingerprint density at radius 2 is 1.55 bits per heavy atom. The molecule has 0 aromatic carbocycles. The fourth-order valence-corrected chi connectivity index (χ4v) is 5.53. The van der Waals surface area contributed by atoms with Crippen LogP contribution < -0.4 is 16.4 Å². The van der Waals surface area contributed by atoms with Crippen LogP contribution in [0.5, 0.6) is 0 Å². The molecule has 4 unspecified atom stereocenters. The summed E-state index contributed by atoms with van der Waals surface area (Å²) in [6.07, 6.45) is 2.74. The van der Waals surface area contributed by atoms with Gasteiger partial charge in [0.2, 0.25) is 11.8 Å². The van der Waals surface area contributed by atoms with Crippen molar-refractivity contribution in [1.29, 1.82) is 0 Å². The predicted molar refractivity (Wildman–Crippen MR) is 162 cm³/mol. The van der Waals surface area contributed by atoms with Gasteiger partial charge in [0.1, 0.15) is 12.3 Å². The number of hydrogen-bond acceptors (Lipinski definition) is 10. The van der Waals surface area contributed by atoms with Crippen molar-refractivity contribution in [3.8, 4) is 0 Å². The van der Waals surface area contributed by atoms with Gasteiger partial charge in [-0.25, -0.2) is 0 Å². The molecule has 1 heterocycles. The average Bonchev–Trinajstić information content (AvgIpc) is 3.44. The van der Waals surface area contributed by atoms with Crippen molar-refractivity contribution in [3.63, 3.8) is 0 Å². The van der Waals surface area contributed by atoms with Crippen molar-refractivity contribution in [1.82, 2.24) is 20.4 Å². The van der Waals surface area contributed by atoms with Gasteiger partial charge in [0.25, 0.3) is 0 Å². The summed E-state index contributed by atoms with van der Waals surface area (Å²) in [6, 6.07) is -3.33. The molecular weight excluding hydrogens is 574 g/mol. The highest BCUT2D eigenvalue weighted by Crippen LogP contribution is 2.23. The first-order chi connectivity index (χ1) is 20.3. The number of aldehydes is 1. The molecule has 0 saturated carbocycles. The fraction of sp³-hybridized carbons (Fsp3) is 0.767. The topological polar surface area (TPSA) is 217 Å². The van der Waals surface area contributed by atoms with Gasteiger partial charge in [-0.3, -0.25) is 34.1 Å². The molecule has 6 N–H and O–H groups in total. The molecule has 0 bridgehead atoms. The molecule has 0 aromatic rings. The van der Waals surface area contributed by atoms with Crippen LogP contribution >= 0.6 is 0 Å². The molecule has 0 radical (unpaired) electrons. The third-order valence-corrected chi connectivity index (χ3v) is 8.15. The summed E-state index contributed by atoms with van der Waals surface area (Å²) in [5.41, 5.74) is 3.61. The van der Waals surface area contributed by atoms with Crippen molar-refractivity contribution in [2.45, 2.75) is 128 Å². The second-order valence-electron chi connectivity index (χ2n) is 12.6. The van der Waals surface area contributed by atoms with Crippen molar-refractivity contribution >= 4 is 41.6 Å². The van der Waals surface area contributed by atoms with Gasteiger partial charge in [-0.05, 0) is 72.8 Å². The van der Waals surface area contributed by atoms with Crippen LogP contribution in [0, 0.1) is 0 Å². The Balaban J connectivity index is 2.76. The lowest BCUT2D eigenvalue weighted by molar-refractivity contribution is -0.147. The molecule has 1 fully saturated rings. The molecule has 1 aliphatic heterocycles. The fourth-order valence-electron chi connectivity index (χ4n) is 5.53.